The number of nitrogens with one attached hydrogen (secondary N) is 2. The Kier molecular flexibility index (Phi) is 4.97. The first-order valence-corrected chi connectivity index (χ1v) is 8.84. The standard InChI is InChI=1S/C18H20N2O3S/c21-16(19-11-15-7-4-10-24-15)17(22)20-12-18(23,14-8-9-14)13-5-2-1-3-6-13/h1-7,10,14,23H,8-9,11-12H2,(H,19,21)(H,20,22). The van der Waals surface area contributed by atoms with Crippen LogP contribution in [0.2, 0.25) is 0 Å². The highest BCUT2D eigenvalue weighted by atomic mass is 32.1. The van der Waals surface area contributed by atoms with Gasteiger partial charge in [-0.15, -0.1) is 11.3 Å². The van der Waals surface area contributed by atoms with Gasteiger partial charge in [0.25, 0.3) is 0 Å². The van der Waals surface area contributed by atoms with E-state index in [1.54, 1.807) is 0 Å². The van der Waals surface area contributed by atoms with Crippen LogP contribution in [0.4, 0.5) is 0 Å². The second kappa shape index (κ2) is 7.15. The summed E-state index contributed by atoms with van der Waals surface area (Å²) in [7, 11) is 0. The van der Waals surface area contributed by atoms with Crippen LogP contribution in [0.3, 0.4) is 0 Å². The molecule has 1 aliphatic carbocycles. The zero-order valence-electron chi connectivity index (χ0n) is 13.2. The van der Waals surface area contributed by atoms with E-state index in [0.717, 1.165) is 23.3 Å². The Morgan fingerprint density at radius 2 is 1.79 bits per heavy atom. The topological polar surface area (TPSA) is 78.4 Å². The van der Waals surface area contributed by atoms with Crippen molar-refractivity contribution >= 4 is 23.2 Å². The second-order valence-corrected chi connectivity index (χ2v) is 7.04. The minimum Gasteiger partial charge on any atom is -0.383 e. The van der Waals surface area contributed by atoms with E-state index < -0.39 is 17.4 Å². The van der Waals surface area contributed by atoms with Gasteiger partial charge in [0.15, 0.2) is 0 Å². The maximum atomic E-state index is 12.0. The molecule has 1 fully saturated rings. The van der Waals surface area contributed by atoms with Crippen molar-refractivity contribution in [3.8, 4) is 0 Å². The summed E-state index contributed by atoms with van der Waals surface area (Å²) in [5, 5.41) is 18.1. The quantitative estimate of drug-likeness (QED) is 0.699. The lowest BCUT2D eigenvalue weighted by molar-refractivity contribution is -0.140. The maximum Gasteiger partial charge on any atom is 0.309 e. The predicted octanol–water partition coefficient (Wildman–Crippen LogP) is 1.78. The number of hydrogen-bond acceptors (Lipinski definition) is 4. The second-order valence-electron chi connectivity index (χ2n) is 6.01. The molecule has 126 valence electrons. The Balaban J connectivity index is 1.56. The Labute approximate surface area is 144 Å². The van der Waals surface area contributed by atoms with Crippen molar-refractivity contribution in [2.75, 3.05) is 6.54 Å². The van der Waals surface area contributed by atoms with Crippen molar-refractivity contribution < 1.29 is 14.7 Å². The Bertz CT molecular complexity index is 698. The first-order chi connectivity index (χ1) is 11.6. The fraction of sp³-hybridized carbons (Fsp3) is 0.333. The van der Waals surface area contributed by atoms with E-state index in [2.05, 4.69) is 10.6 Å². The van der Waals surface area contributed by atoms with E-state index in [-0.39, 0.29) is 12.5 Å². The summed E-state index contributed by atoms with van der Waals surface area (Å²) >= 11 is 1.52. The lowest BCUT2D eigenvalue weighted by Gasteiger charge is -2.29. The maximum absolute atomic E-state index is 12.0. The predicted molar refractivity (Wildman–Crippen MR) is 92.2 cm³/mol. The molecule has 1 saturated carbocycles. The summed E-state index contributed by atoms with van der Waals surface area (Å²) in [5.74, 6) is -1.29. The monoisotopic (exact) mass is 344 g/mol. The van der Waals surface area contributed by atoms with Crippen LogP contribution in [0.1, 0.15) is 23.3 Å². The van der Waals surface area contributed by atoms with Gasteiger partial charge in [0.2, 0.25) is 0 Å². The van der Waals surface area contributed by atoms with Gasteiger partial charge in [0.1, 0.15) is 5.60 Å². The van der Waals surface area contributed by atoms with Crippen LogP contribution in [-0.2, 0) is 21.7 Å². The molecule has 2 aromatic rings. The number of carbonyl (C=O) groups is 2. The van der Waals surface area contributed by atoms with Crippen LogP contribution in [0.15, 0.2) is 47.8 Å². The largest absolute Gasteiger partial charge is 0.383 e. The smallest absolute Gasteiger partial charge is 0.309 e. The molecule has 0 radical (unpaired) electrons. The fourth-order valence-corrected chi connectivity index (χ4v) is 3.37. The highest BCUT2D eigenvalue weighted by molar-refractivity contribution is 7.09. The molecule has 0 saturated heterocycles. The summed E-state index contributed by atoms with van der Waals surface area (Å²) in [6, 6.07) is 13.1. The van der Waals surface area contributed by atoms with Gasteiger partial charge in [-0.3, -0.25) is 9.59 Å². The van der Waals surface area contributed by atoms with Gasteiger partial charge < -0.3 is 15.7 Å². The highest BCUT2D eigenvalue weighted by Gasteiger charge is 2.45. The summed E-state index contributed by atoms with van der Waals surface area (Å²) in [4.78, 5) is 24.9. The summed E-state index contributed by atoms with van der Waals surface area (Å²) in [6.07, 6.45) is 1.84. The summed E-state index contributed by atoms with van der Waals surface area (Å²) in [6.45, 7) is 0.364. The third-order valence-electron chi connectivity index (χ3n) is 4.25. The Morgan fingerprint density at radius 1 is 1.08 bits per heavy atom. The van der Waals surface area contributed by atoms with E-state index >= 15 is 0 Å². The number of carbonyl (C=O) groups excluding carboxylic acids is 2. The van der Waals surface area contributed by atoms with Gasteiger partial charge in [0, 0.05) is 4.88 Å². The van der Waals surface area contributed by atoms with Gasteiger partial charge in [-0.2, -0.15) is 0 Å². The molecule has 1 atom stereocenters. The van der Waals surface area contributed by atoms with E-state index in [1.165, 1.54) is 11.3 Å². The average molecular weight is 344 g/mol. The SMILES string of the molecule is O=C(NCc1cccs1)C(=O)NCC(O)(c1ccccc1)C1CC1. The van der Waals surface area contributed by atoms with Crippen molar-refractivity contribution in [2.24, 2.45) is 5.92 Å². The van der Waals surface area contributed by atoms with Crippen LogP contribution >= 0.6 is 11.3 Å². The molecule has 0 aliphatic heterocycles. The number of hydrogen-bond donors (Lipinski definition) is 3. The number of amides is 2. The molecule has 2 amide bonds. The number of rotatable bonds is 6. The minimum absolute atomic E-state index is 0.0347. The summed E-state index contributed by atoms with van der Waals surface area (Å²) < 4.78 is 0. The molecule has 0 bridgehead atoms. The molecular weight excluding hydrogens is 324 g/mol. The molecule has 1 aromatic heterocycles. The third kappa shape index (κ3) is 3.83. The molecular formula is C18H20N2O3S. The van der Waals surface area contributed by atoms with E-state index in [1.807, 2.05) is 47.8 Å². The van der Waals surface area contributed by atoms with Crippen LogP contribution in [0.5, 0.6) is 0 Å². The average Bonchev–Trinajstić information content (AvgIpc) is 3.35. The van der Waals surface area contributed by atoms with Gasteiger partial charge in [-0.05, 0) is 35.8 Å². The molecule has 3 rings (SSSR count). The fourth-order valence-electron chi connectivity index (χ4n) is 2.73. The van der Waals surface area contributed by atoms with Crippen LogP contribution in [0, 0.1) is 5.92 Å². The molecule has 1 aliphatic rings. The van der Waals surface area contributed by atoms with Crippen LogP contribution < -0.4 is 10.6 Å². The van der Waals surface area contributed by atoms with Gasteiger partial charge in [-0.1, -0.05) is 36.4 Å². The normalized spacial score (nSPS) is 16.2. The molecule has 1 aromatic carbocycles. The van der Waals surface area contributed by atoms with Gasteiger partial charge in [-0.25, -0.2) is 0 Å². The molecule has 5 nitrogen and oxygen atoms in total. The van der Waals surface area contributed by atoms with Crippen molar-refractivity contribution in [3.63, 3.8) is 0 Å². The molecule has 1 heterocycles. The molecule has 6 heteroatoms. The summed E-state index contributed by atoms with van der Waals surface area (Å²) in [5.41, 5.74) is -0.350. The zero-order valence-corrected chi connectivity index (χ0v) is 14.0. The van der Waals surface area contributed by atoms with Crippen LogP contribution in [-0.4, -0.2) is 23.5 Å². The molecule has 3 N–H and O–H groups in total. The van der Waals surface area contributed by atoms with Gasteiger partial charge >= 0.3 is 11.8 Å². The van der Waals surface area contributed by atoms with Gasteiger partial charge in [0.05, 0.1) is 13.1 Å². The number of benzene rings is 1. The van der Waals surface area contributed by atoms with E-state index in [0.29, 0.717) is 6.54 Å². The van der Waals surface area contributed by atoms with Crippen molar-refractivity contribution in [1.82, 2.24) is 10.6 Å². The highest BCUT2D eigenvalue weighted by Crippen LogP contribution is 2.45. The lowest BCUT2D eigenvalue weighted by Crippen LogP contribution is -2.47. The van der Waals surface area contributed by atoms with E-state index in [4.69, 9.17) is 0 Å². The minimum atomic E-state index is -1.12. The first-order valence-electron chi connectivity index (χ1n) is 7.96. The third-order valence-corrected chi connectivity index (χ3v) is 5.13. The van der Waals surface area contributed by atoms with Crippen molar-refractivity contribution in [1.29, 1.82) is 0 Å². The molecule has 24 heavy (non-hydrogen) atoms. The Hall–Kier alpha value is -2.18. The van der Waals surface area contributed by atoms with E-state index in [9.17, 15) is 14.7 Å². The number of aliphatic hydroxyl groups is 1. The first kappa shape index (κ1) is 16.7. The number of thiophene rings is 1. The molecule has 1 unspecified atom stereocenters. The van der Waals surface area contributed by atoms with Crippen molar-refractivity contribution in [3.05, 3.63) is 58.3 Å². The van der Waals surface area contributed by atoms with Crippen molar-refractivity contribution in [2.45, 2.75) is 25.0 Å². The van der Waals surface area contributed by atoms with Crippen LogP contribution in [0.25, 0.3) is 0 Å². The molecule has 0 spiro atoms. The lowest BCUT2D eigenvalue weighted by atomic mass is 9.88. The zero-order chi connectivity index (χ0) is 17.0. The Morgan fingerprint density at radius 3 is 2.42 bits per heavy atom.